The number of rotatable bonds is 6. The van der Waals surface area contributed by atoms with Crippen LogP contribution in [0.1, 0.15) is 36.9 Å². The Balaban J connectivity index is 3.16. The van der Waals surface area contributed by atoms with E-state index in [0.29, 0.717) is 12.0 Å². The highest BCUT2D eigenvalue weighted by atomic mass is 19.4. The van der Waals surface area contributed by atoms with Crippen LogP contribution in [0.15, 0.2) is 18.2 Å². The van der Waals surface area contributed by atoms with E-state index in [-0.39, 0.29) is 6.10 Å². The topological polar surface area (TPSA) is 21.3 Å². The minimum atomic E-state index is -4.70. The van der Waals surface area contributed by atoms with Gasteiger partial charge in [-0.1, -0.05) is 19.4 Å². The largest absolute Gasteiger partial charge is 0.419 e. The molecule has 0 aliphatic carbocycles. The molecule has 2 unspecified atom stereocenters. The number of halogens is 4. The summed E-state index contributed by atoms with van der Waals surface area (Å²) >= 11 is 0. The van der Waals surface area contributed by atoms with Crippen LogP contribution >= 0.6 is 0 Å². The van der Waals surface area contributed by atoms with Crippen LogP contribution in [0.5, 0.6) is 0 Å². The van der Waals surface area contributed by atoms with Gasteiger partial charge in [-0.3, -0.25) is 0 Å². The lowest BCUT2D eigenvalue weighted by Gasteiger charge is -2.26. The second-order valence-corrected chi connectivity index (χ2v) is 4.57. The molecule has 0 spiro atoms. The van der Waals surface area contributed by atoms with Crippen LogP contribution in [0, 0.1) is 5.82 Å². The van der Waals surface area contributed by atoms with Crippen molar-refractivity contribution >= 4 is 0 Å². The summed E-state index contributed by atoms with van der Waals surface area (Å²) in [5.41, 5.74) is -0.886. The molecule has 0 saturated heterocycles. The van der Waals surface area contributed by atoms with E-state index < -0.39 is 23.6 Å². The summed E-state index contributed by atoms with van der Waals surface area (Å²) in [5.74, 6) is -1.26. The molecule has 1 aromatic rings. The molecule has 0 saturated carbocycles. The molecule has 1 aromatic carbocycles. The molecule has 0 heterocycles. The molecule has 1 N–H and O–H groups in total. The maximum Gasteiger partial charge on any atom is 0.419 e. The molecule has 2 nitrogen and oxygen atoms in total. The first kappa shape index (κ1) is 16.9. The van der Waals surface area contributed by atoms with Gasteiger partial charge < -0.3 is 10.1 Å². The van der Waals surface area contributed by atoms with Crippen molar-refractivity contribution in [2.75, 3.05) is 14.2 Å². The zero-order valence-electron chi connectivity index (χ0n) is 11.7. The van der Waals surface area contributed by atoms with Crippen LogP contribution in [0.4, 0.5) is 17.6 Å². The van der Waals surface area contributed by atoms with Gasteiger partial charge >= 0.3 is 6.18 Å². The smallest absolute Gasteiger partial charge is 0.379 e. The Kier molecular flexibility index (Phi) is 5.95. The van der Waals surface area contributed by atoms with Crippen LogP contribution in [-0.2, 0) is 10.9 Å². The van der Waals surface area contributed by atoms with E-state index >= 15 is 0 Å². The number of hydrogen-bond acceptors (Lipinski definition) is 2. The Labute approximate surface area is 116 Å². The Hall–Kier alpha value is -1.14. The molecule has 20 heavy (non-hydrogen) atoms. The van der Waals surface area contributed by atoms with Crippen molar-refractivity contribution in [2.45, 2.75) is 38.1 Å². The lowest BCUT2D eigenvalue weighted by atomic mass is 9.96. The summed E-state index contributed by atoms with van der Waals surface area (Å²) in [7, 11) is 3.15. The normalized spacial score (nSPS) is 15.2. The molecule has 0 fully saturated rings. The number of likely N-dealkylation sites (N-methyl/N-ethyl adjacent to an activating group) is 1. The second kappa shape index (κ2) is 7.04. The molecule has 0 aliphatic heterocycles. The second-order valence-electron chi connectivity index (χ2n) is 4.57. The molecule has 2 atom stereocenters. The number of alkyl halides is 3. The van der Waals surface area contributed by atoms with Crippen molar-refractivity contribution < 1.29 is 22.3 Å². The minimum absolute atomic E-state index is 0.267. The Morgan fingerprint density at radius 2 is 1.95 bits per heavy atom. The summed E-state index contributed by atoms with van der Waals surface area (Å²) < 4.78 is 56.8. The van der Waals surface area contributed by atoms with E-state index in [1.165, 1.54) is 13.2 Å². The summed E-state index contributed by atoms with van der Waals surface area (Å²) in [6.45, 7) is 1.96. The molecular weight excluding hydrogens is 274 g/mol. The Bertz CT molecular complexity index is 434. The van der Waals surface area contributed by atoms with Crippen LogP contribution in [0.2, 0.25) is 0 Å². The Morgan fingerprint density at radius 3 is 2.40 bits per heavy atom. The summed E-state index contributed by atoms with van der Waals surface area (Å²) in [4.78, 5) is 0. The summed E-state index contributed by atoms with van der Waals surface area (Å²) in [6, 6.07) is 2.63. The molecule has 1 rings (SSSR count). The molecule has 0 aliphatic rings. The first-order valence-electron chi connectivity index (χ1n) is 6.41. The standard InChI is InChI=1S/C14H19F4NO/c1-4-5-12(20-3)13(19-2)9-6-7-11(15)10(8-9)14(16,17)18/h6-8,12-13,19H,4-5H2,1-3H3. The molecule has 0 bridgehead atoms. The number of ether oxygens (including phenoxy) is 1. The third-order valence-electron chi connectivity index (χ3n) is 3.21. The van der Waals surface area contributed by atoms with Gasteiger partial charge in [0.15, 0.2) is 0 Å². The van der Waals surface area contributed by atoms with Gasteiger partial charge in [0.05, 0.1) is 17.7 Å². The number of hydrogen-bond donors (Lipinski definition) is 1. The van der Waals surface area contributed by atoms with Crippen molar-refractivity contribution in [3.63, 3.8) is 0 Å². The van der Waals surface area contributed by atoms with Gasteiger partial charge in [-0.2, -0.15) is 13.2 Å². The number of methoxy groups -OCH3 is 1. The van der Waals surface area contributed by atoms with E-state index in [4.69, 9.17) is 4.74 Å². The first-order valence-corrected chi connectivity index (χ1v) is 6.41. The third kappa shape index (κ3) is 3.93. The quantitative estimate of drug-likeness (QED) is 0.803. The first-order chi connectivity index (χ1) is 9.35. The maximum atomic E-state index is 13.3. The average Bonchev–Trinajstić information content (AvgIpc) is 2.38. The fourth-order valence-electron chi connectivity index (χ4n) is 2.23. The fourth-order valence-corrected chi connectivity index (χ4v) is 2.23. The van der Waals surface area contributed by atoms with Crippen molar-refractivity contribution in [2.24, 2.45) is 0 Å². The van der Waals surface area contributed by atoms with Crippen molar-refractivity contribution in [3.05, 3.63) is 35.1 Å². The lowest BCUT2D eigenvalue weighted by Crippen LogP contribution is -2.31. The summed E-state index contributed by atoms with van der Waals surface area (Å²) in [5, 5.41) is 2.94. The van der Waals surface area contributed by atoms with Crippen LogP contribution < -0.4 is 5.32 Å². The van der Waals surface area contributed by atoms with Gasteiger partial charge in [-0.05, 0) is 31.2 Å². The average molecular weight is 293 g/mol. The van der Waals surface area contributed by atoms with Crippen molar-refractivity contribution in [1.29, 1.82) is 0 Å². The highest BCUT2D eigenvalue weighted by Gasteiger charge is 2.35. The lowest BCUT2D eigenvalue weighted by molar-refractivity contribution is -0.140. The van der Waals surface area contributed by atoms with E-state index in [1.807, 2.05) is 6.92 Å². The molecule has 0 amide bonds. The highest BCUT2D eigenvalue weighted by Crippen LogP contribution is 2.34. The zero-order chi connectivity index (χ0) is 15.3. The Morgan fingerprint density at radius 1 is 1.30 bits per heavy atom. The van der Waals surface area contributed by atoms with Crippen molar-refractivity contribution in [3.8, 4) is 0 Å². The predicted octanol–water partition coefficient (Wildman–Crippen LogP) is 3.92. The number of benzene rings is 1. The van der Waals surface area contributed by atoms with Crippen LogP contribution in [-0.4, -0.2) is 20.3 Å². The number of nitrogens with one attached hydrogen (secondary N) is 1. The zero-order valence-corrected chi connectivity index (χ0v) is 11.7. The monoisotopic (exact) mass is 293 g/mol. The molecule has 0 radical (unpaired) electrons. The van der Waals surface area contributed by atoms with Gasteiger partial charge in [0.1, 0.15) is 5.82 Å². The van der Waals surface area contributed by atoms with Gasteiger partial charge in [-0.25, -0.2) is 4.39 Å². The molecule has 6 heteroatoms. The fraction of sp³-hybridized carbons (Fsp3) is 0.571. The highest BCUT2D eigenvalue weighted by molar-refractivity contribution is 5.30. The van der Waals surface area contributed by atoms with Gasteiger partial charge in [0, 0.05) is 7.11 Å². The van der Waals surface area contributed by atoms with E-state index in [1.54, 1.807) is 7.05 Å². The maximum absolute atomic E-state index is 13.3. The molecular formula is C14H19F4NO. The summed E-state index contributed by atoms with van der Waals surface area (Å²) in [6.07, 6.45) is -3.44. The van der Waals surface area contributed by atoms with Gasteiger partial charge in [0.2, 0.25) is 0 Å². The van der Waals surface area contributed by atoms with Crippen molar-refractivity contribution in [1.82, 2.24) is 5.32 Å². The van der Waals surface area contributed by atoms with E-state index in [9.17, 15) is 17.6 Å². The predicted molar refractivity (Wildman–Crippen MR) is 68.9 cm³/mol. The van der Waals surface area contributed by atoms with E-state index in [2.05, 4.69) is 5.32 Å². The third-order valence-corrected chi connectivity index (χ3v) is 3.21. The minimum Gasteiger partial charge on any atom is -0.379 e. The van der Waals surface area contributed by atoms with E-state index in [0.717, 1.165) is 18.6 Å². The van der Waals surface area contributed by atoms with Gasteiger partial charge in [-0.15, -0.1) is 0 Å². The molecule has 114 valence electrons. The molecule has 0 aromatic heterocycles. The van der Waals surface area contributed by atoms with Gasteiger partial charge in [0.25, 0.3) is 0 Å². The van der Waals surface area contributed by atoms with Crippen LogP contribution in [0.3, 0.4) is 0 Å². The SMILES string of the molecule is CCCC(OC)C(NC)c1ccc(F)c(C(F)(F)F)c1. The van der Waals surface area contributed by atoms with Crippen LogP contribution in [0.25, 0.3) is 0 Å².